The van der Waals surface area contributed by atoms with Crippen LogP contribution in [-0.4, -0.2) is 23.0 Å². The first-order valence-electron chi connectivity index (χ1n) is 9.86. The Morgan fingerprint density at radius 1 is 1.03 bits per heavy atom. The maximum atomic E-state index is 12.7. The zero-order valence-electron chi connectivity index (χ0n) is 17.3. The molecule has 1 saturated carbocycles. The van der Waals surface area contributed by atoms with Crippen LogP contribution in [0.1, 0.15) is 50.6 Å². The third-order valence-electron chi connectivity index (χ3n) is 4.84. The smallest absolute Gasteiger partial charge is 0.255 e. The number of aromatic nitrogens is 1. The van der Waals surface area contributed by atoms with Crippen molar-refractivity contribution < 1.29 is 18.8 Å². The minimum absolute atomic E-state index is 0. The van der Waals surface area contributed by atoms with Gasteiger partial charge in [0.15, 0.2) is 0 Å². The van der Waals surface area contributed by atoms with Gasteiger partial charge in [0.2, 0.25) is 0 Å². The van der Waals surface area contributed by atoms with Gasteiger partial charge in [-0.3, -0.25) is 9.59 Å². The van der Waals surface area contributed by atoms with Crippen molar-refractivity contribution in [2.75, 3.05) is 5.32 Å². The zero-order chi connectivity index (χ0) is 21.1. The molecule has 2 aromatic carbocycles. The van der Waals surface area contributed by atoms with Gasteiger partial charge in [-0.15, -0.1) is 17.0 Å². The Balaban J connectivity index is 0.00000272. The van der Waals surface area contributed by atoms with Crippen LogP contribution in [-0.2, 0) is 6.61 Å². The summed E-state index contributed by atoms with van der Waals surface area (Å²) >= 11 is 0. The van der Waals surface area contributed by atoms with Gasteiger partial charge in [-0.2, -0.15) is 0 Å². The lowest BCUT2D eigenvalue weighted by molar-refractivity contribution is 0.0949. The van der Waals surface area contributed by atoms with Crippen LogP contribution >= 0.6 is 17.0 Å². The molecule has 1 aromatic heterocycles. The highest BCUT2D eigenvalue weighted by atomic mass is 79.9. The van der Waals surface area contributed by atoms with Crippen LogP contribution in [0, 0.1) is 13.8 Å². The molecule has 4 rings (SSSR count). The van der Waals surface area contributed by atoms with E-state index in [-0.39, 0.29) is 41.4 Å². The van der Waals surface area contributed by atoms with E-state index in [1.807, 2.05) is 26.0 Å². The van der Waals surface area contributed by atoms with Crippen LogP contribution in [0.25, 0.3) is 0 Å². The summed E-state index contributed by atoms with van der Waals surface area (Å²) in [6.07, 6.45) is 2.05. The number of halogens is 1. The highest BCUT2D eigenvalue weighted by Gasteiger charge is 2.24. The van der Waals surface area contributed by atoms with Gasteiger partial charge in [0.05, 0.1) is 0 Å². The highest BCUT2D eigenvalue weighted by molar-refractivity contribution is 8.93. The molecule has 2 N–H and O–H groups in total. The molecule has 2 amide bonds. The van der Waals surface area contributed by atoms with Gasteiger partial charge < -0.3 is 19.9 Å². The number of amides is 2. The van der Waals surface area contributed by atoms with Crippen molar-refractivity contribution in [1.29, 1.82) is 0 Å². The van der Waals surface area contributed by atoms with E-state index >= 15 is 0 Å². The molecule has 0 unspecified atom stereocenters. The number of ether oxygens (including phenoxy) is 1. The van der Waals surface area contributed by atoms with E-state index < -0.39 is 0 Å². The third-order valence-corrected chi connectivity index (χ3v) is 4.84. The predicted molar refractivity (Wildman–Crippen MR) is 122 cm³/mol. The maximum Gasteiger partial charge on any atom is 0.255 e. The summed E-state index contributed by atoms with van der Waals surface area (Å²) in [5.74, 6) is 0.987. The summed E-state index contributed by atoms with van der Waals surface area (Å²) in [4.78, 5) is 24.9. The van der Waals surface area contributed by atoms with Crippen LogP contribution in [0.2, 0.25) is 0 Å². The van der Waals surface area contributed by atoms with Crippen molar-refractivity contribution in [1.82, 2.24) is 10.5 Å². The second-order valence-electron chi connectivity index (χ2n) is 7.47. The topological polar surface area (TPSA) is 93.5 Å². The Hall–Kier alpha value is -3.13. The quantitative estimate of drug-likeness (QED) is 0.510. The summed E-state index contributed by atoms with van der Waals surface area (Å²) in [7, 11) is 0. The first-order valence-corrected chi connectivity index (χ1v) is 9.86. The number of carbonyl (C=O) groups excluding carboxylic acids is 2. The lowest BCUT2D eigenvalue weighted by atomic mass is 10.1. The van der Waals surface area contributed by atoms with Gasteiger partial charge in [-0.25, -0.2) is 0 Å². The predicted octanol–water partition coefficient (Wildman–Crippen LogP) is 4.59. The highest BCUT2D eigenvalue weighted by Crippen LogP contribution is 2.22. The van der Waals surface area contributed by atoms with Gasteiger partial charge >= 0.3 is 0 Å². The van der Waals surface area contributed by atoms with Crippen LogP contribution in [0.15, 0.2) is 53.1 Å². The number of benzene rings is 2. The van der Waals surface area contributed by atoms with Crippen molar-refractivity contribution in [2.24, 2.45) is 0 Å². The summed E-state index contributed by atoms with van der Waals surface area (Å²) in [6.45, 7) is 4.00. The molecule has 0 saturated heterocycles. The van der Waals surface area contributed by atoms with Crippen molar-refractivity contribution in [2.45, 2.75) is 39.3 Å². The molecule has 0 spiro atoms. The average molecular weight is 486 g/mol. The second kappa shape index (κ2) is 9.78. The van der Waals surface area contributed by atoms with E-state index in [0.717, 1.165) is 24.2 Å². The molecule has 3 aromatic rings. The summed E-state index contributed by atoms with van der Waals surface area (Å²) in [5, 5.41) is 9.72. The van der Waals surface area contributed by atoms with Gasteiger partial charge in [-0.05, 0) is 68.7 Å². The van der Waals surface area contributed by atoms with E-state index in [2.05, 4.69) is 15.8 Å². The minimum Gasteiger partial charge on any atom is -0.487 e. The molecule has 31 heavy (non-hydrogen) atoms. The van der Waals surface area contributed by atoms with Crippen LogP contribution in [0.3, 0.4) is 0 Å². The van der Waals surface area contributed by atoms with Gasteiger partial charge in [-0.1, -0.05) is 11.2 Å². The molecule has 0 radical (unpaired) electrons. The number of aryl methyl sites for hydroxylation is 2. The van der Waals surface area contributed by atoms with E-state index in [1.54, 1.807) is 36.4 Å². The van der Waals surface area contributed by atoms with E-state index in [9.17, 15) is 9.59 Å². The Kier molecular flexibility index (Phi) is 7.12. The van der Waals surface area contributed by atoms with E-state index in [1.165, 1.54) is 0 Å². The number of nitrogens with zero attached hydrogens (tertiary/aromatic N) is 1. The van der Waals surface area contributed by atoms with E-state index in [0.29, 0.717) is 28.3 Å². The van der Waals surface area contributed by atoms with Crippen LogP contribution in [0.5, 0.6) is 5.75 Å². The molecule has 1 heterocycles. The first kappa shape index (κ1) is 22.6. The fourth-order valence-electron chi connectivity index (χ4n) is 2.93. The summed E-state index contributed by atoms with van der Waals surface area (Å²) < 4.78 is 10.7. The molecule has 1 fully saturated rings. The van der Waals surface area contributed by atoms with Crippen molar-refractivity contribution >= 4 is 34.5 Å². The Morgan fingerprint density at radius 3 is 2.39 bits per heavy atom. The first-order chi connectivity index (χ1) is 14.5. The van der Waals surface area contributed by atoms with Gasteiger partial charge in [0, 0.05) is 28.9 Å². The summed E-state index contributed by atoms with van der Waals surface area (Å²) in [5.41, 5.74) is 3.23. The molecule has 0 atom stereocenters. The SMILES string of the molecule is Br.Cc1cc(COc2ccc(C(=O)Nc3cc(C(=O)NC4CC4)ccc3C)cc2)no1. The van der Waals surface area contributed by atoms with Gasteiger partial charge in [0.25, 0.3) is 11.8 Å². The molecule has 7 nitrogen and oxygen atoms in total. The molecule has 0 aliphatic heterocycles. The molecule has 162 valence electrons. The van der Waals surface area contributed by atoms with Crippen molar-refractivity contribution in [3.8, 4) is 5.75 Å². The Bertz CT molecular complexity index is 1070. The number of nitrogens with one attached hydrogen (secondary N) is 2. The van der Waals surface area contributed by atoms with Gasteiger partial charge in [0.1, 0.15) is 23.8 Å². The fourth-order valence-corrected chi connectivity index (χ4v) is 2.93. The van der Waals surface area contributed by atoms with Crippen LogP contribution in [0.4, 0.5) is 5.69 Å². The fraction of sp³-hybridized carbons (Fsp3) is 0.261. The minimum atomic E-state index is -0.253. The van der Waals surface area contributed by atoms with Crippen molar-refractivity contribution in [3.05, 3.63) is 76.7 Å². The second-order valence-corrected chi connectivity index (χ2v) is 7.47. The summed E-state index contributed by atoms with van der Waals surface area (Å²) in [6, 6.07) is 14.3. The molecular formula is C23H24BrN3O4. The molecule has 1 aliphatic carbocycles. The van der Waals surface area contributed by atoms with Crippen molar-refractivity contribution in [3.63, 3.8) is 0 Å². The maximum absolute atomic E-state index is 12.7. The molecular weight excluding hydrogens is 462 g/mol. The molecule has 8 heteroatoms. The molecule has 0 bridgehead atoms. The van der Waals surface area contributed by atoms with E-state index in [4.69, 9.17) is 9.26 Å². The normalized spacial score (nSPS) is 12.6. The largest absolute Gasteiger partial charge is 0.487 e. The average Bonchev–Trinajstić information content (AvgIpc) is 3.46. The Labute approximate surface area is 190 Å². The number of hydrogen-bond donors (Lipinski definition) is 2. The third kappa shape index (κ3) is 5.95. The monoisotopic (exact) mass is 485 g/mol. The number of anilines is 1. The number of carbonyl (C=O) groups is 2. The lowest BCUT2D eigenvalue weighted by Crippen LogP contribution is -2.25. The lowest BCUT2D eigenvalue weighted by Gasteiger charge is -2.11. The number of rotatable bonds is 7. The standard InChI is InChI=1S/C23H23N3O4.BrH/c1-14-3-4-17(23(28)24-18-7-8-18)12-21(14)25-22(27)16-5-9-20(10-6-16)29-13-19-11-15(2)30-26-19;/h3-6,9-12,18H,7-8,13H2,1-2H3,(H,24,28)(H,25,27);1H. The molecule has 1 aliphatic rings. The zero-order valence-corrected chi connectivity index (χ0v) is 19.0. The number of hydrogen-bond acceptors (Lipinski definition) is 5. The van der Waals surface area contributed by atoms with Crippen LogP contribution < -0.4 is 15.4 Å². The Morgan fingerprint density at radius 2 is 1.74 bits per heavy atom.